The molecule has 4 atom stereocenters. The third-order valence-corrected chi connectivity index (χ3v) is 2.13. The van der Waals surface area contributed by atoms with Gasteiger partial charge in [0.15, 0.2) is 18.5 Å². The number of hydrogen-bond acceptors (Lipinski definition) is 7. The molecule has 1 rings (SSSR count). The van der Waals surface area contributed by atoms with E-state index >= 15 is 0 Å². The molecule has 16 heavy (non-hydrogen) atoms. The molecule has 1 fully saturated rings. The summed E-state index contributed by atoms with van der Waals surface area (Å²) < 4.78 is 14.7. The number of ether oxygens (including phenoxy) is 3. The fourth-order valence-corrected chi connectivity index (χ4v) is 1.47. The van der Waals surface area contributed by atoms with Crippen molar-refractivity contribution < 1.29 is 28.9 Å². The number of carbonyl (C=O) groups is 2. The van der Waals surface area contributed by atoms with Crippen molar-refractivity contribution in [3.8, 4) is 0 Å². The standard InChI is InChI=1S/C9H15NO6/c1-4(11)15-6-3-14-9(13)7(10)8(6)16-5(2)12/h6-9,13H,3,10H2,1-2H3. The van der Waals surface area contributed by atoms with Gasteiger partial charge in [0.2, 0.25) is 0 Å². The lowest BCUT2D eigenvalue weighted by Gasteiger charge is -2.37. The van der Waals surface area contributed by atoms with Crippen LogP contribution in [0.15, 0.2) is 0 Å². The molecule has 0 amide bonds. The van der Waals surface area contributed by atoms with Gasteiger partial charge in [-0.05, 0) is 0 Å². The Hall–Kier alpha value is -1.18. The summed E-state index contributed by atoms with van der Waals surface area (Å²) in [6.07, 6.45) is -2.93. The highest BCUT2D eigenvalue weighted by Crippen LogP contribution is 2.18. The van der Waals surface area contributed by atoms with E-state index in [4.69, 9.17) is 19.9 Å². The molecule has 92 valence electrons. The molecule has 0 bridgehead atoms. The van der Waals surface area contributed by atoms with E-state index in [9.17, 15) is 14.7 Å². The third-order valence-electron chi connectivity index (χ3n) is 2.13. The Labute approximate surface area is 92.5 Å². The lowest BCUT2D eigenvalue weighted by molar-refractivity contribution is -0.224. The van der Waals surface area contributed by atoms with Crippen molar-refractivity contribution in [3.05, 3.63) is 0 Å². The highest BCUT2D eigenvalue weighted by atomic mass is 16.6. The zero-order valence-electron chi connectivity index (χ0n) is 9.08. The Kier molecular flexibility index (Phi) is 4.22. The molecule has 0 aromatic carbocycles. The summed E-state index contributed by atoms with van der Waals surface area (Å²) in [4.78, 5) is 21.7. The Morgan fingerprint density at radius 1 is 1.31 bits per heavy atom. The molecule has 0 aliphatic carbocycles. The smallest absolute Gasteiger partial charge is 0.303 e. The van der Waals surface area contributed by atoms with Gasteiger partial charge in [0.1, 0.15) is 0 Å². The van der Waals surface area contributed by atoms with Gasteiger partial charge < -0.3 is 25.1 Å². The van der Waals surface area contributed by atoms with Gasteiger partial charge in [0, 0.05) is 13.8 Å². The van der Waals surface area contributed by atoms with Gasteiger partial charge in [-0.1, -0.05) is 0 Å². The van der Waals surface area contributed by atoms with E-state index in [1.807, 2.05) is 0 Å². The Morgan fingerprint density at radius 2 is 1.88 bits per heavy atom. The van der Waals surface area contributed by atoms with Crippen molar-refractivity contribution in [2.24, 2.45) is 5.73 Å². The largest absolute Gasteiger partial charge is 0.457 e. The summed E-state index contributed by atoms with van der Waals surface area (Å²) in [5, 5.41) is 9.33. The topological polar surface area (TPSA) is 108 Å². The molecule has 4 unspecified atom stereocenters. The van der Waals surface area contributed by atoms with Crippen LogP contribution in [0.5, 0.6) is 0 Å². The van der Waals surface area contributed by atoms with Crippen LogP contribution in [0.1, 0.15) is 13.8 Å². The lowest BCUT2D eigenvalue weighted by Crippen LogP contribution is -2.59. The first-order valence-corrected chi connectivity index (χ1v) is 4.81. The molecule has 0 aromatic heterocycles. The van der Waals surface area contributed by atoms with Gasteiger partial charge in [-0.25, -0.2) is 0 Å². The highest BCUT2D eigenvalue weighted by molar-refractivity contribution is 5.67. The second-order valence-electron chi connectivity index (χ2n) is 3.52. The van der Waals surface area contributed by atoms with Crippen molar-refractivity contribution in [3.63, 3.8) is 0 Å². The molecule has 0 spiro atoms. The second-order valence-corrected chi connectivity index (χ2v) is 3.52. The molecular weight excluding hydrogens is 218 g/mol. The van der Waals surface area contributed by atoms with E-state index in [1.165, 1.54) is 13.8 Å². The fraction of sp³-hybridized carbons (Fsp3) is 0.778. The van der Waals surface area contributed by atoms with E-state index in [-0.39, 0.29) is 6.61 Å². The zero-order valence-corrected chi connectivity index (χ0v) is 9.08. The van der Waals surface area contributed by atoms with Crippen molar-refractivity contribution >= 4 is 11.9 Å². The molecule has 1 saturated heterocycles. The summed E-state index contributed by atoms with van der Waals surface area (Å²) in [5.74, 6) is -1.10. The maximum Gasteiger partial charge on any atom is 0.303 e. The molecule has 7 heteroatoms. The van der Waals surface area contributed by atoms with Crippen molar-refractivity contribution in [1.29, 1.82) is 0 Å². The first-order valence-electron chi connectivity index (χ1n) is 4.81. The van der Waals surface area contributed by atoms with Crippen LogP contribution >= 0.6 is 0 Å². The average Bonchev–Trinajstić information content (AvgIpc) is 2.16. The molecular formula is C9H15NO6. The van der Waals surface area contributed by atoms with Crippen LogP contribution in [0.2, 0.25) is 0 Å². The van der Waals surface area contributed by atoms with Crippen LogP contribution < -0.4 is 5.73 Å². The number of esters is 2. The first kappa shape index (κ1) is 12.9. The lowest BCUT2D eigenvalue weighted by atomic mass is 10.0. The number of carbonyl (C=O) groups excluding carboxylic acids is 2. The van der Waals surface area contributed by atoms with Gasteiger partial charge in [0.05, 0.1) is 12.6 Å². The normalized spacial score (nSPS) is 34.2. The summed E-state index contributed by atoms with van der Waals surface area (Å²) >= 11 is 0. The number of hydrogen-bond donors (Lipinski definition) is 2. The SMILES string of the molecule is CC(=O)OC1COC(O)C(N)C1OC(C)=O. The molecule has 0 radical (unpaired) electrons. The zero-order chi connectivity index (χ0) is 12.3. The number of aliphatic hydroxyl groups is 1. The molecule has 3 N–H and O–H groups in total. The minimum atomic E-state index is -1.24. The second kappa shape index (κ2) is 5.24. The van der Waals surface area contributed by atoms with Crippen LogP contribution in [-0.4, -0.2) is 48.2 Å². The van der Waals surface area contributed by atoms with Crippen molar-refractivity contribution in [2.45, 2.75) is 38.4 Å². The van der Waals surface area contributed by atoms with Crippen LogP contribution in [0.3, 0.4) is 0 Å². The molecule has 1 heterocycles. The molecule has 0 aromatic rings. The fourth-order valence-electron chi connectivity index (χ4n) is 1.47. The highest BCUT2D eigenvalue weighted by Gasteiger charge is 2.41. The van der Waals surface area contributed by atoms with Crippen LogP contribution in [0.4, 0.5) is 0 Å². The summed E-state index contributed by atoms with van der Waals surface area (Å²) in [6.45, 7) is 2.37. The van der Waals surface area contributed by atoms with E-state index in [0.717, 1.165) is 0 Å². The van der Waals surface area contributed by atoms with Gasteiger partial charge in [-0.3, -0.25) is 9.59 Å². The Bertz CT molecular complexity index is 281. The summed E-state index contributed by atoms with van der Waals surface area (Å²) in [7, 11) is 0. The Morgan fingerprint density at radius 3 is 2.38 bits per heavy atom. The van der Waals surface area contributed by atoms with E-state index in [2.05, 4.69) is 0 Å². The van der Waals surface area contributed by atoms with Crippen LogP contribution in [-0.2, 0) is 23.8 Å². The predicted octanol–water partition coefficient (Wildman–Crippen LogP) is -1.47. The molecule has 0 saturated carbocycles. The summed E-state index contributed by atoms with van der Waals surface area (Å²) in [6, 6.07) is -0.943. The Balaban J connectivity index is 2.72. The average molecular weight is 233 g/mol. The maximum absolute atomic E-state index is 10.9. The van der Waals surface area contributed by atoms with E-state index in [0.29, 0.717) is 0 Å². The molecule has 1 aliphatic rings. The minimum absolute atomic E-state index is 0.0631. The van der Waals surface area contributed by atoms with Gasteiger partial charge >= 0.3 is 11.9 Å². The van der Waals surface area contributed by atoms with Gasteiger partial charge in [-0.15, -0.1) is 0 Å². The summed E-state index contributed by atoms with van der Waals surface area (Å²) in [5.41, 5.74) is 5.59. The van der Waals surface area contributed by atoms with E-state index < -0.39 is 36.5 Å². The van der Waals surface area contributed by atoms with E-state index in [1.54, 1.807) is 0 Å². The van der Waals surface area contributed by atoms with Crippen LogP contribution in [0.25, 0.3) is 0 Å². The minimum Gasteiger partial charge on any atom is -0.457 e. The van der Waals surface area contributed by atoms with Crippen molar-refractivity contribution in [1.82, 2.24) is 0 Å². The number of rotatable bonds is 2. The van der Waals surface area contributed by atoms with Crippen molar-refractivity contribution in [2.75, 3.05) is 6.61 Å². The number of aliphatic hydroxyl groups excluding tert-OH is 1. The predicted molar refractivity (Wildman–Crippen MR) is 51.0 cm³/mol. The van der Waals surface area contributed by atoms with Crippen LogP contribution in [0, 0.1) is 0 Å². The monoisotopic (exact) mass is 233 g/mol. The maximum atomic E-state index is 10.9. The van der Waals surface area contributed by atoms with Gasteiger partial charge in [-0.2, -0.15) is 0 Å². The van der Waals surface area contributed by atoms with Gasteiger partial charge in [0.25, 0.3) is 0 Å². The third kappa shape index (κ3) is 3.16. The number of nitrogens with two attached hydrogens (primary N) is 1. The quantitative estimate of drug-likeness (QED) is 0.560. The molecule has 7 nitrogen and oxygen atoms in total. The first-order chi connectivity index (χ1) is 7.41. The molecule has 1 aliphatic heterocycles.